The molecule has 23 heavy (non-hydrogen) atoms. The Morgan fingerprint density at radius 1 is 1.00 bits per heavy atom. The number of hydrogen-bond acceptors (Lipinski definition) is 3. The van der Waals surface area contributed by atoms with Gasteiger partial charge in [0.05, 0.1) is 0 Å². The average Bonchev–Trinajstić information content (AvgIpc) is 2.56. The Balaban J connectivity index is 1.71. The van der Waals surface area contributed by atoms with Gasteiger partial charge in [-0.05, 0) is 30.2 Å². The van der Waals surface area contributed by atoms with Crippen LogP contribution in [0.5, 0.6) is 0 Å². The van der Waals surface area contributed by atoms with E-state index in [0.29, 0.717) is 0 Å². The quantitative estimate of drug-likeness (QED) is 0.943. The van der Waals surface area contributed by atoms with Crippen molar-refractivity contribution < 1.29 is 4.79 Å². The van der Waals surface area contributed by atoms with Crippen LogP contribution in [0.4, 0.5) is 5.69 Å². The summed E-state index contributed by atoms with van der Waals surface area (Å²) < 4.78 is 0. The van der Waals surface area contributed by atoms with Gasteiger partial charge in [-0.25, -0.2) is 0 Å². The van der Waals surface area contributed by atoms with Crippen LogP contribution in [-0.2, 0) is 4.79 Å². The van der Waals surface area contributed by atoms with Crippen molar-refractivity contribution >= 4 is 11.6 Å². The molecule has 1 heterocycles. The number of nitrogens with zero attached hydrogens (tertiary/aromatic N) is 2. The average molecular weight is 309 g/mol. The molecule has 3 rings (SSSR count). The molecule has 2 N–H and O–H groups in total. The monoisotopic (exact) mass is 309 g/mol. The number of piperazine rings is 1. The van der Waals surface area contributed by atoms with E-state index in [-0.39, 0.29) is 11.9 Å². The highest BCUT2D eigenvalue weighted by atomic mass is 16.1. The Labute approximate surface area is 137 Å². The number of anilines is 1. The molecule has 0 spiro atoms. The van der Waals surface area contributed by atoms with Gasteiger partial charge in [0.25, 0.3) is 0 Å². The van der Waals surface area contributed by atoms with E-state index in [4.69, 9.17) is 5.73 Å². The molecule has 0 saturated carbocycles. The lowest BCUT2D eigenvalue weighted by molar-refractivity contribution is -0.123. The molecule has 4 heteroatoms. The maximum absolute atomic E-state index is 12.0. The summed E-state index contributed by atoms with van der Waals surface area (Å²) in [6.45, 7) is 5.57. The van der Waals surface area contributed by atoms with Crippen LogP contribution in [0, 0.1) is 6.92 Å². The molecule has 4 nitrogen and oxygen atoms in total. The third-order valence-electron chi connectivity index (χ3n) is 4.43. The van der Waals surface area contributed by atoms with Crippen molar-refractivity contribution in [1.82, 2.24) is 4.90 Å². The van der Waals surface area contributed by atoms with Crippen molar-refractivity contribution in [3.63, 3.8) is 0 Å². The molecule has 120 valence electrons. The molecule has 1 amide bonds. The number of primary amides is 1. The molecule has 2 aromatic rings. The highest BCUT2D eigenvalue weighted by molar-refractivity contribution is 5.81. The lowest BCUT2D eigenvalue weighted by atomic mass is 10.0. The number of benzene rings is 2. The van der Waals surface area contributed by atoms with Gasteiger partial charge in [0, 0.05) is 31.9 Å². The molecule has 1 fully saturated rings. The van der Waals surface area contributed by atoms with Crippen molar-refractivity contribution in [2.24, 2.45) is 5.73 Å². The van der Waals surface area contributed by atoms with E-state index in [9.17, 15) is 4.79 Å². The summed E-state index contributed by atoms with van der Waals surface area (Å²) in [5.41, 5.74) is 9.16. The van der Waals surface area contributed by atoms with Gasteiger partial charge in [0.2, 0.25) is 5.91 Å². The number of carbonyl (C=O) groups is 1. The van der Waals surface area contributed by atoms with Crippen LogP contribution in [0.15, 0.2) is 54.6 Å². The second-order valence-corrected chi connectivity index (χ2v) is 6.08. The zero-order valence-corrected chi connectivity index (χ0v) is 13.5. The molecular formula is C19H23N3O. The normalized spacial score (nSPS) is 17.0. The van der Waals surface area contributed by atoms with Crippen LogP contribution in [0.3, 0.4) is 0 Å². The second-order valence-electron chi connectivity index (χ2n) is 6.08. The number of hydrogen-bond donors (Lipinski definition) is 1. The summed E-state index contributed by atoms with van der Waals surface area (Å²) in [6.07, 6.45) is 0. The van der Waals surface area contributed by atoms with Crippen molar-refractivity contribution in [2.75, 3.05) is 31.1 Å². The first-order valence-electron chi connectivity index (χ1n) is 8.05. The fraction of sp³-hybridized carbons (Fsp3) is 0.316. The van der Waals surface area contributed by atoms with Crippen LogP contribution in [0.25, 0.3) is 0 Å². The van der Waals surface area contributed by atoms with E-state index in [1.54, 1.807) is 0 Å². The zero-order valence-electron chi connectivity index (χ0n) is 13.5. The van der Waals surface area contributed by atoms with E-state index in [0.717, 1.165) is 31.7 Å². The molecule has 0 aromatic heterocycles. The summed E-state index contributed by atoms with van der Waals surface area (Å²) in [5, 5.41) is 0. The van der Waals surface area contributed by atoms with Gasteiger partial charge in [0.1, 0.15) is 6.04 Å². The van der Waals surface area contributed by atoms with Gasteiger partial charge < -0.3 is 10.6 Å². The molecule has 1 aliphatic heterocycles. The van der Waals surface area contributed by atoms with Gasteiger partial charge >= 0.3 is 0 Å². The summed E-state index contributed by atoms with van der Waals surface area (Å²) in [5.74, 6) is -0.278. The molecule has 0 bridgehead atoms. The Morgan fingerprint density at radius 2 is 1.70 bits per heavy atom. The highest BCUT2D eigenvalue weighted by Gasteiger charge is 2.28. The summed E-state index contributed by atoms with van der Waals surface area (Å²) in [4.78, 5) is 16.5. The van der Waals surface area contributed by atoms with E-state index < -0.39 is 0 Å². The molecule has 1 saturated heterocycles. The minimum Gasteiger partial charge on any atom is -0.369 e. The fourth-order valence-electron chi connectivity index (χ4n) is 3.25. The minimum atomic E-state index is -0.337. The maximum atomic E-state index is 12.0. The summed E-state index contributed by atoms with van der Waals surface area (Å²) >= 11 is 0. The second kappa shape index (κ2) is 6.84. The predicted octanol–water partition coefficient (Wildman–Crippen LogP) is 2.34. The van der Waals surface area contributed by atoms with Crippen molar-refractivity contribution in [1.29, 1.82) is 0 Å². The standard InChI is InChI=1S/C19H23N3O/c1-15-6-5-9-17(14-15)21-10-12-22(13-11-21)18(19(20)23)16-7-3-2-4-8-16/h2-9,14,18H,10-13H2,1H3,(H2,20,23)/t18-/m0/s1. The van der Waals surface area contributed by atoms with Gasteiger partial charge in [-0.3, -0.25) is 9.69 Å². The zero-order chi connectivity index (χ0) is 16.2. The Morgan fingerprint density at radius 3 is 2.30 bits per heavy atom. The van der Waals surface area contributed by atoms with Crippen LogP contribution >= 0.6 is 0 Å². The highest BCUT2D eigenvalue weighted by Crippen LogP contribution is 2.24. The van der Waals surface area contributed by atoms with Crippen molar-refractivity contribution in [3.8, 4) is 0 Å². The van der Waals surface area contributed by atoms with E-state index in [1.807, 2.05) is 30.3 Å². The topological polar surface area (TPSA) is 49.6 Å². The predicted molar refractivity (Wildman–Crippen MR) is 93.3 cm³/mol. The van der Waals surface area contributed by atoms with Crippen LogP contribution in [0.1, 0.15) is 17.2 Å². The smallest absolute Gasteiger partial charge is 0.239 e. The molecule has 0 aliphatic carbocycles. The van der Waals surface area contributed by atoms with Gasteiger partial charge in [-0.2, -0.15) is 0 Å². The fourth-order valence-corrected chi connectivity index (χ4v) is 3.25. The van der Waals surface area contributed by atoms with Gasteiger partial charge in [-0.1, -0.05) is 42.5 Å². The SMILES string of the molecule is Cc1cccc(N2CCN([C@H](C(N)=O)c3ccccc3)CC2)c1. The van der Waals surface area contributed by atoms with E-state index in [2.05, 4.69) is 41.0 Å². The van der Waals surface area contributed by atoms with Crippen molar-refractivity contribution in [2.45, 2.75) is 13.0 Å². The van der Waals surface area contributed by atoms with E-state index >= 15 is 0 Å². The Bertz CT molecular complexity index is 663. The van der Waals surface area contributed by atoms with Crippen LogP contribution in [-0.4, -0.2) is 37.0 Å². The maximum Gasteiger partial charge on any atom is 0.239 e. The molecule has 1 atom stereocenters. The first-order valence-corrected chi connectivity index (χ1v) is 8.05. The number of nitrogens with two attached hydrogens (primary N) is 1. The summed E-state index contributed by atoms with van der Waals surface area (Å²) in [7, 11) is 0. The van der Waals surface area contributed by atoms with Crippen molar-refractivity contribution in [3.05, 3.63) is 65.7 Å². The van der Waals surface area contributed by atoms with Crippen LogP contribution in [0.2, 0.25) is 0 Å². The lowest BCUT2D eigenvalue weighted by Gasteiger charge is -2.39. The Kier molecular flexibility index (Phi) is 4.63. The molecule has 2 aromatic carbocycles. The number of amides is 1. The molecular weight excluding hydrogens is 286 g/mol. The molecule has 0 radical (unpaired) electrons. The first-order chi connectivity index (χ1) is 11.1. The van der Waals surface area contributed by atoms with Gasteiger partial charge in [-0.15, -0.1) is 0 Å². The van der Waals surface area contributed by atoms with Gasteiger partial charge in [0.15, 0.2) is 0 Å². The first kappa shape index (κ1) is 15.6. The minimum absolute atomic E-state index is 0.278. The number of carbonyl (C=O) groups excluding carboxylic acids is 1. The lowest BCUT2D eigenvalue weighted by Crippen LogP contribution is -2.50. The summed E-state index contributed by atoms with van der Waals surface area (Å²) in [6, 6.07) is 18.0. The van der Waals surface area contributed by atoms with Crippen LogP contribution < -0.4 is 10.6 Å². The largest absolute Gasteiger partial charge is 0.369 e. The molecule has 1 aliphatic rings. The Hall–Kier alpha value is -2.33. The third kappa shape index (κ3) is 3.54. The van der Waals surface area contributed by atoms with E-state index in [1.165, 1.54) is 11.3 Å². The molecule has 0 unspecified atom stereocenters. The number of aryl methyl sites for hydroxylation is 1. The third-order valence-corrected chi connectivity index (χ3v) is 4.43. The number of rotatable bonds is 4.